The van der Waals surface area contributed by atoms with Gasteiger partial charge >= 0.3 is 0 Å². The first-order chi connectivity index (χ1) is 17.1. The van der Waals surface area contributed by atoms with Crippen LogP contribution in [0.25, 0.3) is 22.5 Å². The second-order valence-corrected chi connectivity index (χ2v) is 8.53. The number of nitrogens with one attached hydrogen (secondary N) is 2. The van der Waals surface area contributed by atoms with E-state index in [0.717, 1.165) is 40.2 Å². The number of carbonyl (C=O) groups excluding carboxylic acids is 2. The number of aromatic amines is 1. The number of oxime groups is 1. The number of hydrogen-bond acceptors (Lipinski definition) is 6. The molecule has 2 aromatic heterocycles. The van der Waals surface area contributed by atoms with Gasteiger partial charge in [-0.15, -0.1) is 0 Å². The molecule has 1 aromatic carbocycles. The Balaban J connectivity index is 1.25. The molecule has 2 amide bonds. The Kier molecular flexibility index (Phi) is 6.58. The van der Waals surface area contributed by atoms with Crippen LogP contribution in [0, 0.1) is 0 Å². The fourth-order valence-corrected chi connectivity index (χ4v) is 4.23. The molecule has 0 atom stereocenters. The maximum Gasteiger partial charge on any atom is 0.263 e. The summed E-state index contributed by atoms with van der Waals surface area (Å²) in [5.41, 5.74) is 6.91. The van der Waals surface area contributed by atoms with Gasteiger partial charge in [-0.2, -0.15) is 0 Å². The lowest BCUT2D eigenvalue weighted by Crippen LogP contribution is -2.42. The number of hydrogen-bond donors (Lipinski definition) is 2. The molecule has 35 heavy (non-hydrogen) atoms. The topological polar surface area (TPSA) is 109 Å². The Hall–Kier alpha value is -3.98. The van der Waals surface area contributed by atoms with Gasteiger partial charge in [0.2, 0.25) is 0 Å². The fraction of sp³-hybridized carbons (Fsp3) is 0.308. The molecular formula is C26H27N5O4. The van der Waals surface area contributed by atoms with Crippen LogP contribution in [0.2, 0.25) is 0 Å². The zero-order valence-electron chi connectivity index (χ0n) is 19.5. The summed E-state index contributed by atoms with van der Waals surface area (Å²) >= 11 is 0. The van der Waals surface area contributed by atoms with Crippen molar-refractivity contribution < 1.29 is 19.2 Å². The van der Waals surface area contributed by atoms with E-state index in [2.05, 4.69) is 20.4 Å². The summed E-state index contributed by atoms with van der Waals surface area (Å²) in [5.74, 6) is -0.125. The number of rotatable bonds is 6. The quantitative estimate of drug-likeness (QED) is 0.423. The van der Waals surface area contributed by atoms with E-state index in [1.54, 1.807) is 11.1 Å². The summed E-state index contributed by atoms with van der Waals surface area (Å²) in [5, 5.41) is 6.98. The van der Waals surface area contributed by atoms with Crippen molar-refractivity contribution in [2.24, 2.45) is 5.16 Å². The molecule has 180 valence electrons. The van der Waals surface area contributed by atoms with Gasteiger partial charge in [0, 0.05) is 54.8 Å². The largest absolute Gasteiger partial charge is 0.385 e. The number of nitrogens with zero attached hydrogens (tertiary/aromatic N) is 3. The van der Waals surface area contributed by atoms with E-state index in [0.29, 0.717) is 44.1 Å². The molecule has 0 bridgehead atoms. The van der Waals surface area contributed by atoms with Crippen LogP contribution in [-0.2, 0) is 20.8 Å². The Morgan fingerprint density at radius 2 is 1.94 bits per heavy atom. The number of morpholine rings is 1. The number of H-pyrrole nitrogens is 1. The first kappa shape index (κ1) is 22.8. The molecular weight excluding hydrogens is 446 g/mol. The standard InChI is InChI=1S/C26H27N5O4/c1-17(30-35-16-25(32)31-10-12-34-13-11-31)18-2-4-19(5-3-18)23-14-20(6-8-27-23)24-15-21-22(29-24)7-9-28-26(21)33/h2-6,8,14-15,29H,7,9-13,16H2,1H3,(H,28,33). The molecule has 1 fully saturated rings. The van der Waals surface area contributed by atoms with Crippen LogP contribution in [0.5, 0.6) is 0 Å². The van der Waals surface area contributed by atoms with E-state index in [1.165, 1.54) is 0 Å². The van der Waals surface area contributed by atoms with E-state index in [-0.39, 0.29) is 18.4 Å². The molecule has 0 spiro atoms. The molecule has 0 saturated carbocycles. The van der Waals surface area contributed by atoms with E-state index in [4.69, 9.17) is 9.57 Å². The third-order valence-corrected chi connectivity index (χ3v) is 6.23. The van der Waals surface area contributed by atoms with Crippen LogP contribution < -0.4 is 5.32 Å². The molecule has 9 heteroatoms. The van der Waals surface area contributed by atoms with Crippen molar-refractivity contribution in [2.75, 3.05) is 39.5 Å². The van der Waals surface area contributed by atoms with Crippen LogP contribution in [0.1, 0.15) is 28.5 Å². The minimum Gasteiger partial charge on any atom is -0.385 e. The van der Waals surface area contributed by atoms with Crippen LogP contribution in [-0.4, -0.2) is 71.8 Å². The molecule has 9 nitrogen and oxygen atoms in total. The molecule has 1 saturated heterocycles. The van der Waals surface area contributed by atoms with Gasteiger partial charge in [0.05, 0.1) is 30.2 Å². The molecule has 2 aliphatic rings. The SMILES string of the molecule is CC(=NOCC(=O)N1CCOCC1)c1ccc(-c2cc(-c3cc4c([nH]3)CCNC4=O)ccn2)cc1. The van der Waals surface area contributed by atoms with Crippen molar-refractivity contribution in [3.8, 4) is 22.5 Å². The lowest BCUT2D eigenvalue weighted by molar-refractivity contribution is -0.140. The van der Waals surface area contributed by atoms with Crippen LogP contribution in [0.4, 0.5) is 0 Å². The third kappa shape index (κ3) is 5.09. The van der Waals surface area contributed by atoms with Gasteiger partial charge in [-0.25, -0.2) is 0 Å². The molecule has 0 unspecified atom stereocenters. The van der Waals surface area contributed by atoms with Crippen molar-refractivity contribution in [1.82, 2.24) is 20.2 Å². The van der Waals surface area contributed by atoms with Gasteiger partial charge in [0.1, 0.15) is 0 Å². The van der Waals surface area contributed by atoms with E-state index < -0.39 is 0 Å². The van der Waals surface area contributed by atoms with E-state index >= 15 is 0 Å². The fourth-order valence-electron chi connectivity index (χ4n) is 4.23. The number of ether oxygens (including phenoxy) is 1. The Labute approximate surface area is 203 Å². The lowest BCUT2D eigenvalue weighted by atomic mass is 10.0. The summed E-state index contributed by atoms with van der Waals surface area (Å²) in [7, 11) is 0. The predicted molar refractivity (Wildman–Crippen MR) is 131 cm³/mol. The smallest absolute Gasteiger partial charge is 0.263 e. The number of pyridine rings is 1. The zero-order chi connectivity index (χ0) is 24.2. The summed E-state index contributed by atoms with van der Waals surface area (Å²) in [6, 6.07) is 13.7. The molecule has 3 aromatic rings. The van der Waals surface area contributed by atoms with Crippen molar-refractivity contribution in [1.29, 1.82) is 0 Å². The van der Waals surface area contributed by atoms with Crippen LogP contribution in [0.15, 0.2) is 53.8 Å². The highest BCUT2D eigenvalue weighted by molar-refractivity contribution is 5.99. The highest BCUT2D eigenvalue weighted by atomic mass is 16.6. The summed E-state index contributed by atoms with van der Waals surface area (Å²) in [6.45, 7) is 4.70. The first-order valence-electron chi connectivity index (χ1n) is 11.7. The van der Waals surface area contributed by atoms with Gasteiger partial charge in [-0.3, -0.25) is 14.6 Å². The third-order valence-electron chi connectivity index (χ3n) is 6.23. The summed E-state index contributed by atoms with van der Waals surface area (Å²) in [4.78, 5) is 39.2. The molecule has 5 rings (SSSR count). The highest BCUT2D eigenvalue weighted by Gasteiger charge is 2.20. The minimum atomic E-state index is -0.0882. The Bertz CT molecular complexity index is 1260. The molecule has 2 N–H and O–H groups in total. The molecule has 0 aliphatic carbocycles. The van der Waals surface area contributed by atoms with Gasteiger partial charge in [0.15, 0.2) is 6.61 Å². The molecule has 2 aliphatic heterocycles. The average molecular weight is 474 g/mol. The number of carbonyl (C=O) groups is 2. The van der Waals surface area contributed by atoms with Crippen molar-refractivity contribution in [3.63, 3.8) is 0 Å². The summed E-state index contributed by atoms with van der Waals surface area (Å²) < 4.78 is 5.26. The number of benzene rings is 1. The van der Waals surface area contributed by atoms with Gasteiger partial charge in [0.25, 0.3) is 11.8 Å². The normalized spacial score (nSPS) is 16.0. The number of fused-ring (bicyclic) bond motifs is 1. The maximum absolute atomic E-state index is 12.2. The van der Waals surface area contributed by atoms with Crippen LogP contribution >= 0.6 is 0 Å². The Morgan fingerprint density at radius 1 is 1.14 bits per heavy atom. The monoisotopic (exact) mass is 473 g/mol. The average Bonchev–Trinajstić information content (AvgIpc) is 3.35. The second kappa shape index (κ2) is 10.1. The van der Waals surface area contributed by atoms with Gasteiger partial charge in [-0.05, 0) is 30.7 Å². The first-order valence-corrected chi connectivity index (χ1v) is 11.7. The lowest BCUT2D eigenvalue weighted by Gasteiger charge is -2.26. The summed E-state index contributed by atoms with van der Waals surface area (Å²) in [6.07, 6.45) is 2.57. The number of aromatic nitrogens is 2. The van der Waals surface area contributed by atoms with Gasteiger partial charge in [-0.1, -0.05) is 29.4 Å². The predicted octanol–water partition coefficient (Wildman–Crippen LogP) is 2.63. The highest BCUT2D eigenvalue weighted by Crippen LogP contribution is 2.27. The molecule has 4 heterocycles. The number of amides is 2. The van der Waals surface area contributed by atoms with Crippen molar-refractivity contribution in [2.45, 2.75) is 13.3 Å². The van der Waals surface area contributed by atoms with E-state index in [1.807, 2.05) is 49.4 Å². The Morgan fingerprint density at radius 3 is 2.71 bits per heavy atom. The van der Waals surface area contributed by atoms with Crippen molar-refractivity contribution in [3.05, 3.63) is 65.5 Å². The zero-order valence-corrected chi connectivity index (χ0v) is 19.5. The van der Waals surface area contributed by atoms with E-state index in [9.17, 15) is 9.59 Å². The maximum atomic E-state index is 12.2. The van der Waals surface area contributed by atoms with Crippen LogP contribution in [0.3, 0.4) is 0 Å². The second-order valence-electron chi connectivity index (χ2n) is 8.53. The van der Waals surface area contributed by atoms with Crippen molar-refractivity contribution >= 4 is 17.5 Å². The molecule has 0 radical (unpaired) electrons. The minimum absolute atomic E-state index is 0.0370. The van der Waals surface area contributed by atoms with Gasteiger partial charge < -0.3 is 24.8 Å².